The summed E-state index contributed by atoms with van der Waals surface area (Å²) < 4.78 is 0. The molecule has 118 valence electrons. The van der Waals surface area contributed by atoms with Crippen LogP contribution in [0.5, 0.6) is 0 Å². The van der Waals surface area contributed by atoms with E-state index in [1.165, 1.54) is 44.9 Å². The smallest absolute Gasteiger partial charge is 0.297 e. The molecule has 0 saturated heterocycles. The number of rotatable bonds is 13. The SMILES string of the molecule is C=CC(C)(C)OOC(=O)CCCCCCCCCCC. The number of unbranched alkanes of at least 4 members (excludes halogenated alkanes) is 8. The third-order valence-electron chi connectivity index (χ3n) is 3.33. The van der Waals surface area contributed by atoms with Crippen LogP contribution >= 0.6 is 0 Å². The number of carbonyl (C=O) groups excluding carboxylic acids is 1. The summed E-state index contributed by atoms with van der Waals surface area (Å²) in [5.41, 5.74) is -0.617. The molecule has 0 bridgehead atoms. The number of hydrogen-bond acceptors (Lipinski definition) is 3. The van der Waals surface area contributed by atoms with Crippen LogP contribution in [-0.4, -0.2) is 11.6 Å². The Balaban J connectivity index is 3.34. The van der Waals surface area contributed by atoms with Gasteiger partial charge in [-0.25, -0.2) is 4.79 Å². The van der Waals surface area contributed by atoms with E-state index in [2.05, 4.69) is 13.5 Å². The van der Waals surface area contributed by atoms with E-state index < -0.39 is 5.60 Å². The van der Waals surface area contributed by atoms with E-state index in [0.717, 1.165) is 12.8 Å². The number of carbonyl (C=O) groups is 1. The molecule has 0 aliphatic heterocycles. The van der Waals surface area contributed by atoms with Gasteiger partial charge in [-0.1, -0.05) is 64.4 Å². The first kappa shape index (κ1) is 19.2. The zero-order chi connectivity index (χ0) is 15.3. The zero-order valence-corrected chi connectivity index (χ0v) is 13.6. The van der Waals surface area contributed by atoms with Gasteiger partial charge in [-0.15, -0.1) is 6.58 Å². The molecule has 0 aromatic heterocycles. The van der Waals surface area contributed by atoms with Gasteiger partial charge >= 0.3 is 5.97 Å². The van der Waals surface area contributed by atoms with Crippen LogP contribution in [0.2, 0.25) is 0 Å². The molecular weight excluding hydrogens is 252 g/mol. The van der Waals surface area contributed by atoms with Crippen molar-refractivity contribution in [2.45, 2.75) is 90.6 Å². The van der Waals surface area contributed by atoms with Crippen molar-refractivity contribution in [3.63, 3.8) is 0 Å². The van der Waals surface area contributed by atoms with Crippen molar-refractivity contribution in [1.82, 2.24) is 0 Å². The number of hydrogen-bond donors (Lipinski definition) is 0. The summed E-state index contributed by atoms with van der Waals surface area (Å²) in [5.74, 6) is -0.289. The van der Waals surface area contributed by atoms with Crippen LogP contribution in [0.3, 0.4) is 0 Å². The van der Waals surface area contributed by atoms with Crippen LogP contribution in [-0.2, 0) is 14.6 Å². The monoisotopic (exact) mass is 284 g/mol. The van der Waals surface area contributed by atoms with E-state index in [1.807, 2.05) is 0 Å². The molecule has 0 fully saturated rings. The summed E-state index contributed by atoms with van der Waals surface area (Å²) in [4.78, 5) is 21.2. The second-order valence-electron chi connectivity index (χ2n) is 5.92. The second kappa shape index (κ2) is 12.0. The van der Waals surface area contributed by atoms with Crippen molar-refractivity contribution in [3.05, 3.63) is 12.7 Å². The zero-order valence-electron chi connectivity index (χ0n) is 13.6. The maximum absolute atomic E-state index is 11.4. The largest absolute Gasteiger partial charge is 0.342 e. The molecule has 0 saturated carbocycles. The maximum Gasteiger partial charge on any atom is 0.342 e. The van der Waals surface area contributed by atoms with E-state index in [-0.39, 0.29) is 5.97 Å². The van der Waals surface area contributed by atoms with Crippen molar-refractivity contribution >= 4 is 5.97 Å². The highest BCUT2D eigenvalue weighted by Crippen LogP contribution is 2.13. The second-order valence-corrected chi connectivity index (χ2v) is 5.92. The third kappa shape index (κ3) is 12.2. The van der Waals surface area contributed by atoms with Gasteiger partial charge in [-0.05, 0) is 20.3 Å². The Hall–Kier alpha value is -0.830. The molecule has 20 heavy (non-hydrogen) atoms. The lowest BCUT2D eigenvalue weighted by Crippen LogP contribution is -2.23. The van der Waals surface area contributed by atoms with Gasteiger partial charge < -0.3 is 0 Å². The van der Waals surface area contributed by atoms with Crippen molar-refractivity contribution in [1.29, 1.82) is 0 Å². The normalized spacial score (nSPS) is 11.3. The fourth-order valence-corrected chi connectivity index (χ4v) is 1.81. The molecule has 0 N–H and O–H groups in total. The lowest BCUT2D eigenvalue weighted by Gasteiger charge is -2.17. The van der Waals surface area contributed by atoms with Gasteiger partial charge in [0.05, 0.1) is 0 Å². The summed E-state index contributed by atoms with van der Waals surface area (Å²) in [6, 6.07) is 0. The van der Waals surface area contributed by atoms with E-state index >= 15 is 0 Å². The molecule has 0 aromatic rings. The Morgan fingerprint density at radius 2 is 1.50 bits per heavy atom. The highest BCUT2D eigenvalue weighted by Gasteiger charge is 2.17. The minimum atomic E-state index is -0.617. The molecule has 0 aliphatic rings. The van der Waals surface area contributed by atoms with E-state index in [1.54, 1.807) is 19.9 Å². The predicted octanol–water partition coefficient (Wildman–Crippen LogP) is 5.35. The predicted molar refractivity (Wildman–Crippen MR) is 83.3 cm³/mol. The van der Waals surface area contributed by atoms with Gasteiger partial charge in [0.15, 0.2) is 0 Å². The first-order chi connectivity index (χ1) is 9.52. The fourth-order valence-electron chi connectivity index (χ4n) is 1.81. The van der Waals surface area contributed by atoms with E-state index in [9.17, 15) is 4.79 Å². The first-order valence-corrected chi connectivity index (χ1v) is 8.04. The van der Waals surface area contributed by atoms with Gasteiger partial charge in [0, 0.05) is 6.42 Å². The van der Waals surface area contributed by atoms with Crippen LogP contribution in [0.1, 0.15) is 85.0 Å². The fraction of sp³-hybridized carbons (Fsp3) is 0.824. The van der Waals surface area contributed by atoms with Gasteiger partial charge in [-0.3, -0.25) is 4.89 Å². The summed E-state index contributed by atoms with van der Waals surface area (Å²) in [6.45, 7) is 9.45. The summed E-state index contributed by atoms with van der Waals surface area (Å²) in [7, 11) is 0. The van der Waals surface area contributed by atoms with Crippen LogP contribution < -0.4 is 0 Å². The molecule has 0 unspecified atom stereocenters. The Labute approximate surface area is 124 Å². The third-order valence-corrected chi connectivity index (χ3v) is 3.33. The molecule has 0 heterocycles. The van der Waals surface area contributed by atoms with E-state index in [0.29, 0.717) is 6.42 Å². The van der Waals surface area contributed by atoms with Crippen LogP contribution in [0.25, 0.3) is 0 Å². The van der Waals surface area contributed by atoms with Crippen LogP contribution in [0, 0.1) is 0 Å². The highest BCUT2D eigenvalue weighted by molar-refractivity contribution is 5.68. The molecule has 0 atom stereocenters. The lowest BCUT2D eigenvalue weighted by molar-refractivity contribution is -0.312. The topological polar surface area (TPSA) is 35.5 Å². The van der Waals surface area contributed by atoms with Gasteiger partial charge in [0.1, 0.15) is 5.60 Å². The van der Waals surface area contributed by atoms with Crippen molar-refractivity contribution in [2.24, 2.45) is 0 Å². The lowest BCUT2D eigenvalue weighted by atomic mass is 10.1. The molecule has 0 rings (SSSR count). The summed E-state index contributed by atoms with van der Waals surface area (Å²) >= 11 is 0. The minimum absolute atomic E-state index is 0.289. The van der Waals surface area contributed by atoms with E-state index in [4.69, 9.17) is 9.78 Å². The Kier molecular flexibility index (Phi) is 11.5. The molecule has 3 heteroatoms. The standard InChI is InChI=1S/C17H32O3/c1-5-7-8-9-10-11-12-13-14-15-16(18)19-20-17(3,4)6-2/h6H,2,5,7-15H2,1,3-4H3. The quantitative estimate of drug-likeness (QED) is 0.198. The van der Waals surface area contributed by atoms with Crippen molar-refractivity contribution in [2.75, 3.05) is 0 Å². The maximum atomic E-state index is 11.4. The molecule has 0 aliphatic carbocycles. The molecule has 0 amide bonds. The molecular formula is C17H32O3. The van der Waals surface area contributed by atoms with Gasteiger partial charge in [0.2, 0.25) is 0 Å². The van der Waals surface area contributed by atoms with Gasteiger partial charge in [0.25, 0.3) is 0 Å². The Bertz CT molecular complexity index is 259. The Morgan fingerprint density at radius 1 is 1.00 bits per heavy atom. The average molecular weight is 284 g/mol. The molecule has 0 aromatic carbocycles. The molecule has 3 nitrogen and oxygen atoms in total. The van der Waals surface area contributed by atoms with Gasteiger partial charge in [-0.2, -0.15) is 4.89 Å². The first-order valence-electron chi connectivity index (χ1n) is 8.04. The van der Waals surface area contributed by atoms with Crippen molar-refractivity contribution in [3.8, 4) is 0 Å². The minimum Gasteiger partial charge on any atom is -0.297 e. The van der Waals surface area contributed by atoms with Crippen LogP contribution in [0.4, 0.5) is 0 Å². The Morgan fingerprint density at radius 3 is 2.00 bits per heavy atom. The summed E-state index contributed by atoms with van der Waals surface area (Å²) in [5, 5.41) is 0. The summed E-state index contributed by atoms with van der Waals surface area (Å²) in [6.07, 6.45) is 13.2. The molecule has 0 radical (unpaired) electrons. The van der Waals surface area contributed by atoms with Crippen LogP contribution in [0.15, 0.2) is 12.7 Å². The highest BCUT2D eigenvalue weighted by atomic mass is 17.2. The molecule has 0 spiro atoms. The van der Waals surface area contributed by atoms with Crippen molar-refractivity contribution < 1.29 is 14.6 Å². The average Bonchev–Trinajstić information content (AvgIpc) is 2.43.